The maximum absolute atomic E-state index is 12.6. The molecule has 1 saturated heterocycles. The second-order valence-corrected chi connectivity index (χ2v) is 7.25. The quantitative estimate of drug-likeness (QED) is 0.616. The first kappa shape index (κ1) is 12.9. The first-order valence-electron chi connectivity index (χ1n) is 6.86. The number of allylic oxidation sites excluding steroid dienone is 2. The highest BCUT2D eigenvalue weighted by atomic mass is 32.2. The van der Waals surface area contributed by atoms with Gasteiger partial charge in [-0.15, -0.1) is 0 Å². The predicted molar refractivity (Wildman–Crippen MR) is 75.4 cm³/mol. The van der Waals surface area contributed by atoms with E-state index in [-0.39, 0.29) is 12.1 Å². The van der Waals surface area contributed by atoms with Gasteiger partial charge in [-0.05, 0) is 44.7 Å². The van der Waals surface area contributed by atoms with Crippen LogP contribution in [-0.4, -0.2) is 24.8 Å². The Kier molecular flexibility index (Phi) is 3.23. The number of sulfonamides is 1. The molecule has 0 bridgehead atoms. The van der Waals surface area contributed by atoms with Crippen molar-refractivity contribution in [2.75, 3.05) is 0 Å². The number of benzene rings is 1. The summed E-state index contributed by atoms with van der Waals surface area (Å²) in [4.78, 5) is 0.429. The third kappa shape index (κ3) is 2.35. The van der Waals surface area contributed by atoms with E-state index in [9.17, 15) is 8.42 Å². The highest BCUT2D eigenvalue weighted by Gasteiger charge is 2.54. The fourth-order valence-corrected chi connectivity index (χ4v) is 4.78. The summed E-state index contributed by atoms with van der Waals surface area (Å²) in [6.45, 7) is 1.97. The van der Waals surface area contributed by atoms with Crippen LogP contribution in [0.15, 0.2) is 41.3 Å². The Bertz CT molecular complexity index is 573. The van der Waals surface area contributed by atoms with Gasteiger partial charge in [-0.1, -0.05) is 29.8 Å². The number of hydrogen-bond donors (Lipinski definition) is 0. The molecule has 0 aromatic heterocycles. The number of fused-ring (bicyclic) bond motifs is 1. The number of rotatable bonds is 2. The summed E-state index contributed by atoms with van der Waals surface area (Å²) in [6, 6.07) is 7.59. The van der Waals surface area contributed by atoms with Crippen LogP contribution in [0, 0.1) is 6.92 Å². The van der Waals surface area contributed by atoms with E-state index in [0.717, 1.165) is 31.2 Å². The van der Waals surface area contributed by atoms with Crippen LogP contribution >= 0.6 is 0 Å². The van der Waals surface area contributed by atoms with Gasteiger partial charge in [-0.3, -0.25) is 0 Å². The molecule has 2 unspecified atom stereocenters. The van der Waals surface area contributed by atoms with Crippen LogP contribution in [0.25, 0.3) is 0 Å². The summed E-state index contributed by atoms with van der Waals surface area (Å²) in [5, 5.41) is 0. The van der Waals surface area contributed by atoms with E-state index in [1.54, 1.807) is 16.4 Å². The molecule has 102 valence electrons. The van der Waals surface area contributed by atoms with Crippen LogP contribution in [-0.2, 0) is 10.0 Å². The van der Waals surface area contributed by atoms with E-state index in [2.05, 4.69) is 12.2 Å². The first-order chi connectivity index (χ1) is 9.10. The Morgan fingerprint density at radius 1 is 1.00 bits per heavy atom. The Labute approximate surface area is 115 Å². The average molecular weight is 277 g/mol. The zero-order valence-corrected chi connectivity index (χ0v) is 11.9. The molecule has 1 aromatic rings. The number of nitrogens with zero attached hydrogens (tertiary/aromatic N) is 1. The Morgan fingerprint density at radius 3 is 2.05 bits per heavy atom. The van der Waals surface area contributed by atoms with Gasteiger partial charge in [0.15, 0.2) is 0 Å². The average Bonchev–Trinajstić information content (AvgIpc) is 3.02. The third-order valence-corrected chi connectivity index (χ3v) is 5.99. The molecule has 2 atom stereocenters. The molecule has 3 nitrogen and oxygen atoms in total. The normalized spacial score (nSPS) is 30.3. The molecule has 3 rings (SSSR count). The molecule has 2 aliphatic rings. The van der Waals surface area contributed by atoms with E-state index >= 15 is 0 Å². The lowest BCUT2D eigenvalue weighted by atomic mass is 10.1. The van der Waals surface area contributed by atoms with Crippen molar-refractivity contribution in [2.45, 2.75) is 49.6 Å². The fourth-order valence-electron chi connectivity index (χ4n) is 2.91. The van der Waals surface area contributed by atoms with Crippen molar-refractivity contribution in [3.05, 3.63) is 42.0 Å². The van der Waals surface area contributed by atoms with Crippen LogP contribution in [0.4, 0.5) is 0 Å². The topological polar surface area (TPSA) is 37.1 Å². The third-order valence-electron chi connectivity index (χ3n) is 4.03. The molecule has 1 heterocycles. The van der Waals surface area contributed by atoms with Crippen molar-refractivity contribution >= 4 is 10.0 Å². The SMILES string of the molecule is Cc1ccc(S(=O)(=O)N2C3CCC=CCCC32)cc1. The van der Waals surface area contributed by atoms with Gasteiger partial charge in [0.05, 0.1) is 4.90 Å². The molecule has 0 N–H and O–H groups in total. The largest absolute Gasteiger partial charge is 0.243 e. The van der Waals surface area contributed by atoms with Crippen LogP contribution in [0.1, 0.15) is 31.2 Å². The molecule has 19 heavy (non-hydrogen) atoms. The first-order valence-corrected chi connectivity index (χ1v) is 8.30. The predicted octanol–water partition coefficient (Wildman–Crippen LogP) is 2.87. The Balaban J connectivity index is 1.84. The fraction of sp³-hybridized carbons (Fsp3) is 0.467. The number of aryl methyl sites for hydroxylation is 1. The van der Waals surface area contributed by atoms with E-state index in [1.165, 1.54) is 0 Å². The second kappa shape index (κ2) is 4.76. The van der Waals surface area contributed by atoms with Gasteiger partial charge in [0.25, 0.3) is 0 Å². The second-order valence-electron chi connectivity index (χ2n) is 5.41. The molecule has 1 aromatic carbocycles. The van der Waals surface area contributed by atoms with Crippen LogP contribution in [0.3, 0.4) is 0 Å². The van der Waals surface area contributed by atoms with Crippen LogP contribution in [0.2, 0.25) is 0 Å². The zero-order valence-electron chi connectivity index (χ0n) is 11.1. The highest BCUT2D eigenvalue weighted by Crippen LogP contribution is 2.42. The minimum atomic E-state index is -3.29. The van der Waals surface area contributed by atoms with Gasteiger partial charge in [0.2, 0.25) is 10.0 Å². The molecule has 1 aliphatic heterocycles. The van der Waals surface area contributed by atoms with E-state index in [1.807, 2.05) is 19.1 Å². The molecular formula is C15H19NO2S. The molecular weight excluding hydrogens is 258 g/mol. The lowest BCUT2D eigenvalue weighted by Crippen LogP contribution is -2.16. The van der Waals surface area contributed by atoms with E-state index < -0.39 is 10.0 Å². The minimum Gasteiger partial charge on any atom is -0.207 e. The van der Waals surface area contributed by atoms with Crippen molar-refractivity contribution in [1.82, 2.24) is 4.31 Å². The maximum Gasteiger partial charge on any atom is 0.243 e. The van der Waals surface area contributed by atoms with Gasteiger partial charge in [-0.25, -0.2) is 8.42 Å². The van der Waals surface area contributed by atoms with E-state index in [0.29, 0.717) is 4.90 Å². The van der Waals surface area contributed by atoms with Crippen LogP contribution < -0.4 is 0 Å². The monoisotopic (exact) mass is 277 g/mol. The Hall–Kier alpha value is -1.13. The van der Waals surface area contributed by atoms with Crippen molar-refractivity contribution in [3.8, 4) is 0 Å². The summed E-state index contributed by atoms with van der Waals surface area (Å²) in [5.41, 5.74) is 1.08. The van der Waals surface area contributed by atoms with Gasteiger partial charge in [-0.2, -0.15) is 4.31 Å². The summed E-state index contributed by atoms with van der Waals surface area (Å²) < 4.78 is 26.9. The minimum absolute atomic E-state index is 0.219. The summed E-state index contributed by atoms with van der Waals surface area (Å²) >= 11 is 0. The highest BCUT2D eigenvalue weighted by molar-refractivity contribution is 7.89. The van der Waals surface area contributed by atoms with Crippen molar-refractivity contribution < 1.29 is 8.42 Å². The molecule has 0 spiro atoms. The van der Waals surface area contributed by atoms with Crippen molar-refractivity contribution in [3.63, 3.8) is 0 Å². The lowest BCUT2D eigenvalue weighted by Gasteiger charge is -2.07. The zero-order chi connectivity index (χ0) is 13.5. The smallest absolute Gasteiger partial charge is 0.207 e. The van der Waals surface area contributed by atoms with Gasteiger partial charge < -0.3 is 0 Å². The summed E-state index contributed by atoms with van der Waals surface area (Å²) in [7, 11) is -3.29. The van der Waals surface area contributed by atoms with Crippen LogP contribution in [0.5, 0.6) is 0 Å². The van der Waals surface area contributed by atoms with Gasteiger partial charge in [0, 0.05) is 12.1 Å². The number of hydrogen-bond acceptors (Lipinski definition) is 2. The van der Waals surface area contributed by atoms with Gasteiger partial charge >= 0.3 is 0 Å². The standard InChI is InChI=1S/C15H19NO2S/c1-12-8-10-13(11-9-12)19(17,18)16-14-6-4-2-3-5-7-15(14)16/h2-3,8-11,14-15H,4-7H2,1H3. The van der Waals surface area contributed by atoms with Crippen molar-refractivity contribution in [1.29, 1.82) is 0 Å². The lowest BCUT2D eigenvalue weighted by molar-refractivity contribution is 0.539. The molecule has 0 saturated carbocycles. The molecule has 1 fully saturated rings. The molecule has 0 radical (unpaired) electrons. The van der Waals surface area contributed by atoms with E-state index in [4.69, 9.17) is 0 Å². The molecule has 4 heteroatoms. The summed E-state index contributed by atoms with van der Waals surface area (Å²) in [5.74, 6) is 0. The summed E-state index contributed by atoms with van der Waals surface area (Å²) in [6.07, 6.45) is 8.22. The molecule has 0 amide bonds. The Morgan fingerprint density at radius 2 is 1.53 bits per heavy atom. The maximum atomic E-state index is 12.6. The molecule has 1 aliphatic carbocycles. The van der Waals surface area contributed by atoms with Crippen molar-refractivity contribution in [2.24, 2.45) is 0 Å². The van der Waals surface area contributed by atoms with Gasteiger partial charge in [0.1, 0.15) is 0 Å².